The molecule has 2 aliphatic heterocycles. The van der Waals surface area contributed by atoms with Crippen molar-refractivity contribution < 1.29 is 9.84 Å². The van der Waals surface area contributed by atoms with Crippen molar-refractivity contribution >= 4 is 0 Å². The highest BCUT2D eigenvalue weighted by atomic mass is 16.5. The fourth-order valence-electron chi connectivity index (χ4n) is 3.91. The molecule has 1 aromatic carbocycles. The Morgan fingerprint density at radius 3 is 2.58 bits per heavy atom. The molecule has 0 aromatic heterocycles. The summed E-state index contributed by atoms with van der Waals surface area (Å²) < 4.78 is 5.70. The summed E-state index contributed by atoms with van der Waals surface area (Å²) in [5.74, 6) is 1.61. The monoisotopic (exact) mass is 332 g/mol. The molecule has 2 aliphatic rings. The van der Waals surface area contributed by atoms with Crippen LogP contribution in [0.4, 0.5) is 0 Å². The lowest BCUT2D eigenvalue weighted by molar-refractivity contribution is 0.0737. The molecule has 24 heavy (non-hydrogen) atoms. The molecule has 0 radical (unpaired) electrons. The summed E-state index contributed by atoms with van der Waals surface area (Å²) in [6.45, 7) is 9.20. The van der Waals surface area contributed by atoms with Crippen molar-refractivity contribution in [1.82, 2.24) is 9.80 Å². The van der Waals surface area contributed by atoms with E-state index in [9.17, 15) is 5.11 Å². The first-order valence-electron chi connectivity index (χ1n) is 9.51. The SMILES string of the molecule is Cc1ccc(OCC(O)CN2CCC(CN3CCCCC3)C2)cc1. The fourth-order valence-corrected chi connectivity index (χ4v) is 3.91. The third-order valence-electron chi connectivity index (χ3n) is 5.27. The van der Waals surface area contributed by atoms with Crippen molar-refractivity contribution in [2.45, 2.75) is 38.7 Å². The number of hydrogen-bond acceptors (Lipinski definition) is 4. The summed E-state index contributed by atoms with van der Waals surface area (Å²) in [6, 6.07) is 8.00. The number of aliphatic hydroxyl groups is 1. The lowest BCUT2D eigenvalue weighted by atomic mass is 10.1. The van der Waals surface area contributed by atoms with Crippen LogP contribution in [0.2, 0.25) is 0 Å². The molecule has 1 aromatic rings. The van der Waals surface area contributed by atoms with Crippen molar-refractivity contribution in [2.75, 3.05) is 45.9 Å². The van der Waals surface area contributed by atoms with Gasteiger partial charge >= 0.3 is 0 Å². The zero-order chi connectivity index (χ0) is 16.8. The molecule has 4 nitrogen and oxygen atoms in total. The average molecular weight is 332 g/mol. The molecule has 2 atom stereocenters. The van der Waals surface area contributed by atoms with Crippen molar-refractivity contribution in [3.63, 3.8) is 0 Å². The van der Waals surface area contributed by atoms with Crippen molar-refractivity contribution in [1.29, 1.82) is 0 Å². The number of hydrogen-bond donors (Lipinski definition) is 1. The fraction of sp³-hybridized carbons (Fsp3) is 0.700. The molecule has 0 bridgehead atoms. The summed E-state index contributed by atoms with van der Waals surface area (Å²) in [7, 11) is 0. The zero-order valence-corrected chi connectivity index (χ0v) is 15.0. The van der Waals surface area contributed by atoms with Crippen LogP contribution in [0.15, 0.2) is 24.3 Å². The molecule has 134 valence electrons. The number of aryl methyl sites for hydroxylation is 1. The Balaban J connectivity index is 1.34. The van der Waals surface area contributed by atoms with Gasteiger partial charge in [0.05, 0.1) is 0 Å². The van der Waals surface area contributed by atoms with Gasteiger partial charge in [0.15, 0.2) is 0 Å². The molecule has 2 unspecified atom stereocenters. The van der Waals surface area contributed by atoms with Crippen LogP contribution >= 0.6 is 0 Å². The van der Waals surface area contributed by atoms with Crippen LogP contribution in [0.5, 0.6) is 5.75 Å². The predicted octanol–water partition coefficient (Wildman–Crippen LogP) is 2.54. The summed E-state index contributed by atoms with van der Waals surface area (Å²) >= 11 is 0. The number of ether oxygens (including phenoxy) is 1. The van der Waals surface area contributed by atoms with E-state index in [2.05, 4.69) is 16.7 Å². The largest absolute Gasteiger partial charge is 0.491 e. The quantitative estimate of drug-likeness (QED) is 0.832. The van der Waals surface area contributed by atoms with Crippen LogP contribution in [-0.4, -0.2) is 66.9 Å². The first kappa shape index (κ1) is 17.7. The van der Waals surface area contributed by atoms with E-state index in [4.69, 9.17) is 4.74 Å². The Morgan fingerprint density at radius 2 is 1.83 bits per heavy atom. The van der Waals surface area contributed by atoms with E-state index < -0.39 is 6.10 Å². The van der Waals surface area contributed by atoms with Gasteiger partial charge in [-0.05, 0) is 63.9 Å². The molecule has 0 saturated carbocycles. The maximum absolute atomic E-state index is 10.3. The van der Waals surface area contributed by atoms with E-state index in [1.165, 1.54) is 50.9 Å². The van der Waals surface area contributed by atoms with Gasteiger partial charge in [0.25, 0.3) is 0 Å². The first-order chi connectivity index (χ1) is 11.7. The summed E-state index contributed by atoms with van der Waals surface area (Å²) in [6.07, 6.45) is 4.99. The zero-order valence-electron chi connectivity index (χ0n) is 15.0. The molecule has 0 amide bonds. The smallest absolute Gasteiger partial charge is 0.119 e. The Labute approximate surface area is 146 Å². The lowest BCUT2D eigenvalue weighted by Crippen LogP contribution is -2.37. The second kappa shape index (κ2) is 8.84. The summed E-state index contributed by atoms with van der Waals surface area (Å²) in [5.41, 5.74) is 1.22. The maximum atomic E-state index is 10.3. The molecule has 0 spiro atoms. The van der Waals surface area contributed by atoms with Crippen LogP contribution in [0.3, 0.4) is 0 Å². The predicted molar refractivity (Wildman–Crippen MR) is 97.5 cm³/mol. The van der Waals surface area contributed by atoms with Gasteiger partial charge in [-0.15, -0.1) is 0 Å². The van der Waals surface area contributed by atoms with Gasteiger partial charge in [-0.25, -0.2) is 0 Å². The van der Waals surface area contributed by atoms with Gasteiger partial charge in [-0.2, -0.15) is 0 Å². The molecule has 2 saturated heterocycles. The van der Waals surface area contributed by atoms with E-state index in [0.717, 1.165) is 31.3 Å². The minimum absolute atomic E-state index is 0.371. The first-order valence-corrected chi connectivity index (χ1v) is 9.51. The lowest BCUT2D eigenvalue weighted by Gasteiger charge is -2.29. The number of rotatable bonds is 7. The third-order valence-corrected chi connectivity index (χ3v) is 5.27. The standard InChI is InChI=1S/C20H32N2O2/c1-17-5-7-20(8-6-17)24-16-19(23)15-22-12-9-18(14-22)13-21-10-3-2-4-11-21/h5-8,18-19,23H,2-4,9-16H2,1H3. The topological polar surface area (TPSA) is 35.9 Å². The van der Waals surface area contributed by atoms with Crippen molar-refractivity contribution in [2.24, 2.45) is 5.92 Å². The van der Waals surface area contributed by atoms with Gasteiger partial charge in [0, 0.05) is 19.6 Å². The molecule has 2 fully saturated rings. The van der Waals surface area contributed by atoms with Gasteiger partial charge in [-0.3, -0.25) is 0 Å². The van der Waals surface area contributed by atoms with E-state index in [-0.39, 0.29) is 0 Å². The number of likely N-dealkylation sites (tertiary alicyclic amines) is 2. The Morgan fingerprint density at radius 1 is 1.08 bits per heavy atom. The van der Waals surface area contributed by atoms with E-state index >= 15 is 0 Å². The highest BCUT2D eigenvalue weighted by molar-refractivity contribution is 5.26. The Hall–Kier alpha value is -1.10. The van der Waals surface area contributed by atoms with Gasteiger partial charge in [-0.1, -0.05) is 24.1 Å². The highest BCUT2D eigenvalue weighted by Crippen LogP contribution is 2.20. The number of nitrogens with zero attached hydrogens (tertiary/aromatic N) is 2. The van der Waals surface area contributed by atoms with Crippen LogP contribution in [-0.2, 0) is 0 Å². The Kier molecular flexibility index (Phi) is 6.52. The minimum Gasteiger partial charge on any atom is -0.491 e. The van der Waals surface area contributed by atoms with Crippen molar-refractivity contribution in [3.05, 3.63) is 29.8 Å². The van der Waals surface area contributed by atoms with Crippen LogP contribution in [0.1, 0.15) is 31.2 Å². The second-order valence-electron chi connectivity index (χ2n) is 7.55. The van der Waals surface area contributed by atoms with E-state index in [0.29, 0.717) is 6.61 Å². The molecular formula is C20H32N2O2. The molecule has 1 N–H and O–H groups in total. The van der Waals surface area contributed by atoms with Gasteiger partial charge in [0.2, 0.25) is 0 Å². The molecular weight excluding hydrogens is 300 g/mol. The maximum Gasteiger partial charge on any atom is 0.119 e. The number of benzene rings is 1. The number of β-amino-alcohol motifs (C(OH)–C–C–N with tert-alkyl or cyclic N) is 1. The number of aliphatic hydroxyl groups excluding tert-OH is 1. The molecule has 4 heteroatoms. The Bertz CT molecular complexity index is 485. The minimum atomic E-state index is -0.417. The third kappa shape index (κ3) is 5.47. The van der Waals surface area contributed by atoms with Crippen LogP contribution in [0, 0.1) is 12.8 Å². The summed E-state index contributed by atoms with van der Waals surface area (Å²) in [5, 5.41) is 10.3. The average Bonchev–Trinajstić information content (AvgIpc) is 3.02. The molecule has 2 heterocycles. The highest BCUT2D eigenvalue weighted by Gasteiger charge is 2.26. The van der Waals surface area contributed by atoms with Crippen LogP contribution in [0.25, 0.3) is 0 Å². The van der Waals surface area contributed by atoms with Gasteiger partial charge in [0.1, 0.15) is 18.5 Å². The van der Waals surface area contributed by atoms with Crippen LogP contribution < -0.4 is 4.74 Å². The van der Waals surface area contributed by atoms with Crippen molar-refractivity contribution in [3.8, 4) is 5.75 Å². The normalized spacial score (nSPS) is 24.2. The second-order valence-corrected chi connectivity index (χ2v) is 7.55. The van der Waals surface area contributed by atoms with Gasteiger partial charge < -0.3 is 19.6 Å². The molecule has 3 rings (SSSR count). The molecule has 0 aliphatic carbocycles. The number of piperidine rings is 1. The van der Waals surface area contributed by atoms with E-state index in [1.54, 1.807) is 0 Å². The van der Waals surface area contributed by atoms with E-state index in [1.807, 2.05) is 24.3 Å². The summed E-state index contributed by atoms with van der Waals surface area (Å²) in [4.78, 5) is 5.03.